The molecule has 1 fully saturated rings. The van der Waals surface area contributed by atoms with Gasteiger partial charge in [0.05, 0.1) is 5.56 Å². The molecule has 0 saturated carbocycles. The summed E-state index contributed by atoms with van der Waals surface area (Å²) in [6.45, 7) is 4.87. The number of likely N-dealkylation sites (tertiary alicyclic amines) is 1. The number of carbonyl (C=O) groups is 2. The summed E-state index contributed by atoms with van der Waals surface area (Å²) >= 11 is 0. The Morgan fingerprint density at radius 2 is 1.81 bits per heavy atom. The number of nitrogens with zero attached hydrogens (tertiary/aromatic N) is 2. The van der Waals surface area contributed by atoms with Crippen molar-refractivity contribution in [3.05, 3.63) is 22.5 Å². The summed E-state index contributed by atoms with van der Waals surface area (Å²) < 4.78 is 0. The van der Waals surface area contributed by atoms with E-state index >= 15 is 0 Å². The van der Waals surface area contributed by atoms with Crippen LogP contribution in [0.5, 0.6) is 0 Å². The van der Waals surface area contributed by atoms with E-state index in [2.05, 4.69) is 24.0 Å². The van der Waals surface area contributed by atoms with Crippen LogP contribution in [-0.4, -0.2) is 65.0 Å². The van der Waals surface area contributed by atoms with Crippen molar-refractivity contribution in [2.24, 2.45) is 0 Å². The topological polar surface area (TPSA) is 76.6 Å². The molecular weight excluding hydrogens is 270 g/mol. The SMILES string of the molecule is Cc1[nH]c(C(=O)O)c(C)c1C(=O)N1CCC(N(C)C)CC1. The van der Waals surface area contributed by atoms with Crippen LogP contribution >= 0.6 is 0 Å². The van der Waals surface area contributed by atoms with E-state index in [1.165, 1.54) is 0 Å². The molecule has 6 heteroatoms. The summed E-state index contributed by atoms with van der Waals surface area (Å²) in [6, 6.07) is 0.511. The number of piperidine rings is 1. The molecule has 6 nitrogen and oxygen atoms in total. The maximum absolute atomic E-state index is 12.7. The summed E-state index contributed by atoms with van der Waals surface area (Å²) in [7, 11) is 4.11. The molecule has 21 heavy (non-hydrogen) atoms. The van der Waals surface area contributed by atoms with Crippen LogP contribution in [0.4, 0.5) is 0 Å². The second-order valence-electron chi connectivity index (χ2n) is 5.92. The number of carbonyl (C=O) groups excluding carboxylic acids is 1. The van der Waals surface area contributed by atoms with E-state index in [4.69, 9.17) is 5.11 Å². The van der Waals surface area contributed by atoms with Gasteiger partial charge in [-0.25, -0.2) is 4.79 Å². The molecule has 0 bridgehead atoms. The Balaban J connectivity index is 2.17. The van der Waals surface area contributed by atoms with Gasteiger partial charge in [0.25, 0.3) is 5.91 Å². The summed E-state index contributed by atoms with van der Waals surface area (Å²) in [6.07, 6.45) is 1.90. The number of nitrogens with one attached hydrogen (secondary N) is 1. The van der Waals surface area contributed by atoms with Crippen molar-refractivity contribution < 1.29 is 14.7 Å². The Morgan fingerprint density at radius 3 is 2.24 bits per heavy atom. The molecule has 1 aliphatic heterocycles. The van der Waals surface area contributed by atoms with E-state index in [0.717, 1.165) is 12.8 Å². The van der Waals surface area contributed by atoms with Crippen molar-refractivity contribution in [1.29, 1.82) is 0 Å². The fourth-order valence-electron chi connectivity index (χ4n) is 3.03. The van der Waals surface area contributed by atoms with Crippen LogP contribution in [0, 0.1) is 13.8 Å². The highest BCUT2D eigenvalue weighted by molar-refractivity contribution is 6.00. The quantitative estimate of drug-likeness (QED) is 0.885. The van der Waals surface area contributed by atoms with Gasteiger partial charge in [-0.2, -0.15) is 0 Å². The second-order valence-corrected chi connectivity index (χ2v) is 5.92. The number of aryl methyl sites for hydroxylation is 1. The molecule has 1 aromatic heterocycles. The molecule has 2 rings (SSSR count). The highest BCUT2D eigenvalue weighted by atomic mass is 16.4. The van der Waals surface area contributed by atoms with Crippen LogP contribution in [0.3, 0.4) is 0 Å². The Hall–Kier alpha value is -1.82. The molecule has 0 spiro atoms. The monoisotopic (exact) mass is 293 g/mol. The normalized spacial score (nSPS) is 16.5. The fraction of sp³-hybridized carbons (Fsp3) is 0.600. The smallest absolute Gasteiger partial charge is 0.352 e. The standard InChI is InChI=1S/C15H23N3O3/c1-9-12(10(2)16-13(9)15(20)21)14(19)18-7-5-11(6-8-18)17(3)4/h11,16H,5-8H2,1-4H3,(H,20,21). The molecule has 0 atom stereocenters. The first-order chi connectivity index (χ1) is 9.82. The molecule has 2 heterocycles. The van der Waals surface area contributed by atoms with Crippen molar-refractivity contribution >= 4 is 11.9 Å². The molecular formula is C15H23N3O3. The fourth-order valence-corrected chi connectivity index (χ4v) is 3.03. The second kappa shape index (κ2) is 5.89. The van der Waals surface area contributed by atoms with Gasteiger partial charge in [-0.05, 0) is 46.3 Å². The van der Waals surface area contributed by atoms with Crippen molar-refractivity contribution in [2.75, 3.05) is 27.2 Å². The molecule has 0 unspecified atom stereocenters. The third kappa shape index (κ3) is 2.95. The number of hydrogen-bond acceptors (Lipinski definition) is 3. The lowest BCUT2D eigenvalue weighted by atomic mass is 10.0. The zero-order chi connectivity index (χ0) is 15.7. The minimum absolute atomic E-state index is 0.0639. The highest BCUT2D eigenvalue weighted by Crippen LogP contribution is 2.22. The van der Waals surface area contributed by atoms with Gasteiger partial charge in [-0.1, -0.05) is 0 Å². The zero-order valence-electron chi connectivity index (χ0n) is 13.1. The van der Waals surface area contributed by atoms with Crippen LogP contribution in [0.15, 0.2) is 0 Å². The summed E-state index contributed by atoms with van der Waals surface area (Å²) in [5.41, 5.74) is 1.78. The van der Waals surface area contributed by atoms with Gasteiger partial charge in [-0.15, -0.1) is 0 Å². The van der Waals surface area contributed by atoms with E-state index < -0.39 is 5.97 Å². The lowest BCUT2D eigenvalue weighted by Gasteiger charge is -2.35. The molecule has 116 valence electrons. The Kier molecular flexibility index (Phi) is 4.37. The number of hydrogen-bond donors (Lipinski definition) is 2. The summed E-state index contributed by atoms with van der Waals surface area (Å²) in [5, 5.41) is 9.13. The predicted octanol–water partition coefficient (Wildman–Crippen LogP) is 1.50. The van der Waals surface area contributed by atoms with Gasteiger partial charge in [-0.3, -0.25) is 4.79 Å². The largest absolute Gasteiger partial charge is 0.477 e. The number of amides is 1. The van der Waals surface area contributed by atoms with Gasteiger partial charge < -0.3 is 19.9 Å². The highest BCUT2D eigenvalue weighted by Gasteiger charge is 2.28. The van der Waals surface area contributed by atoms with Crippen LogP contribution in [-0.2, 0) is 0 Å². The molecule has 0 aliphatic carbocycles. The lowest BCUT2D eigenvalue weighted by Crippen LogP contribution is -2.44. The molecule has 2 N–H and O–H groups in total. The minimum atomic E-state index is -1.03. The number of aromatic nitrogens is 1. The summed E-state index contributed by atoms with van der Waals surface area (Å²) in [4.78, 5) is 30.6. The first-order valence-electron chi connectivity index (χ1n) is 7.21. The number of rotatable bonds is 3. The van der Waals surface area contributed by atoms with Gasteiger partial charge in [0.1, 0.15) is 5.69 Å². The number of aromatic amines is 1. The van der Waals surface area contributed by atoms with Crippen LogP contribution < -0.4 is 0 Å². The third-order valence-corrected chi connectivity index (χ3v) is 4.35. The molecule has 0 aromatic carbocycles. The number of aromatic carboxylic acids is 1. The molecule has 1 amide bonds. The maximum atomic E-state index is 12.7. The minimum Gasteiger partial charge on any atom is -0.477 e. The van der Waals surface area contributed by atoms with Gasteiger partial charge in [0, 0.05) is 24.8 Å². The van der Waals surface area contributed by atoms with Crippen LogP contribution in [0.1, 0.15) is 44.9 Å². The molecule has 0 radical (unpaired) electrons. The van der Waals surface area contributed by atoms with Gasteiger partial charge in [0.2, 0.25) is 0 Å². The average molecular weight is 293 g/mol. The molecule has 1 aliphatic rings. The van der Waals surface area contributed by atoms with E-state index in [1.807, 2.05) is 4.90 Å². The van der Waals surface area contributed by atoms with Crippen molar-refractivity contribution in [1.82, 2.24) is 14.8 Å². The average Bonchev–Trinajstić information content (AvgIpc) is 2.73. The number of carboxylic acid groups (broad SMARTS) is 1. The van der Waals surface area contributed by atoms with Crippen molar-refractivity contribution in [3.63, 3.8) is 0 Å². The van der Waals surface area contributed by atoms with Crippen molar-refractivity contribution in [3.8, 4) is 0 Å². The van der Waals surface area contributed by atoms with Crippen LogP contribution in [0.25, 0.3) is 0 Å². The van der Waals surface area contributed by atoms with E-state index in [9.17, 15) is 9.59 Å². The predicted molar refractivity (Wildman–Crippen MR) is 79.8 cm³/mol. The number of carboxylic acids is 1. The zero-order valence-corrected chi connectivity index (χ0v) is 13.1. The number of H-pyrrole nitrogens is 1. The Labute approximate surface area is 124 Å². The Morgan fingerprint density at radius 1 is 1.24 bits per heavy atom. The van der Waals surface area contributed by atoms with E-state index in [0.29, 0.717) is 36.0 Å². The lowest BCUT2D eigenvalue weighted by molar-refractivity contribution is 0.0662. The summed E-state index contributed by atoms with van der Waals surface area (Å²) in [5.74, 6) is -1.09. The third-order valence-electron chi connectivity index (χ3n) is 4.35. The van der Waals surface area contributed by atoms with Crippen LogP contribution in [0.2, 0.25) is 0 Å². The van der Waals surface area contributed by atoms with E-state index in [1.54, 1.807) is 13.8 Å². The van der Waals surface area contributed by atoms with Crippen molar-refractivity contribution in [2.45, 2.75) is 32.7 Å². The first kappa shape index (κ1) is 15.6. The molecule has 1 saturated heterocycles. The van der Waals surface area contributed by atoms with Gasteiger partial charge >= 0.3 is 5.97 Å². The maximum Gasteiger partial charge on any atom is 0.352 e. The van der Waals surface area contributed by atoms with Gasteiger partial charge in [0.15, 0.2) is 0 Å². The molecule has 1 aromatic rings. The first-order valence-corrected chi connectivity index (χ1v) is 7.21. The Bertz CT molecular complexity index is 555. The van der Waals surface area contributed by atoms with E-state index in [-0.39, 0.29) is 11.6 Å².